The number of aldehydes is 1. The van der Waals surface area contributed by atoms with Crippen LogP contribution in [-0.4, -0.2) is 155 Å². The zero-order valence-electron chi connectivity index (χ0n) is 61.7. The van der Waals surface area contributed by atoms with Gasteiger partial charge in [-0.3, -0.25) is 28.9 Å². The average molecular weight is 1430 g/mol. The summed E-state index contributed by atoms with van der Waals surface area (Å²) in [6, 6.07) is 41.6. The topological polar surface area (TPSA) is 262 Å². The van der Waals surface area contributed by atoms with Gasteiger partial charge in [-0.1, -0.05) is 74.5 Å². The van der Waals surface area contributed by atoms with Crippen LogP contribution in [0.1, 0.15) is 144 Å². The molecule has 23 heteroatoms. The van der Waals surface area contributed by atoms with E-state index in [0.717, 1.165) is 160 Å². The molecule has 106 heavy (non-hydrogen) atoms. The summed E-state index contributed by atoms with van der Waals surface area (Å²) < 4.78 is 26.3. The lowest BCUT2D eigenvalue weighted by atomic mass is 9.99. The van der Waals surface area contributed by atoms with Gasteiger partial charge in [-0.2, -0.15) is 10.2 Å². The van der Waals surface area contributed by atoms with Gasteiger partial charge in [0.15, 0.2) is 11.3 Å². The molecular formula is C83H96N14O9. The molecule has 0 aliphatic carbocycles. The van der Waals surface area contributed by atoms with Crippen molar-refractivity contribution in [2.75, 3.05) is 84.5 Å². The third-order valence-electron chi connectivity index (χ3n) is 20.0. The molecule has 0 spiro atoms. The molecule has 10 aromatic rings. The minimum atomic E-state index is -0.307. The highest BCUT2D eigenvalue weighted by Gasteiger charge is 2.26. The number of methoxy groups -OCH3 is 2. The maximum atomic E-state index is 13.6. The molecule has 3 aliphatic heterocycles. The minimum Gasteiger partial charge on any atom is -0.496 e. The van der Waals surface area contributed by atoms with Crippen LogP contribution in [0.5, 0.6) is 11.5 Å². The van der Waals surface area contributed by atoms with Crippen molar-refractivity contribution in [2.24, 2.45) is 0 Å². The molecule has 0 saturated carbocycles. The molecule has 7 heterocycles. The number of piperazine rings is 1. The van der Waals surface area contributed by atoms with Crippen LogP contribution in [0.4, 0.5) is 11.4 Å². The van der Waals surface area contributed by atoms with Gasteiger partial charge in [-0.25, -0.2) is 19.3 Å². The summed E-state index contributed by atoms with van der Waals surface area (Å²) in [6.07, 6.45) is 9.49. The summed E-state index contributed by atoms with van der Waals surface area (Å²) >= 11 is 0. The van der Waals surface area contributed by atoms with E-state index in [-0.39, 0.29) is 55.3 Å². The second-order valence-corrected chi connectivity index (χ2v) is 27.0. The number of carbonyl (C=O) groups is 5. The molecule has 4 aromatic heterocycles. The van der Waals surface area contributed by atoms with Gasteiger partial charge in [0.25, 0.3) is 23.6 Å². The van der Waals surface area contributed by atoms with Gasteiger partial charge in [0.05, 0.1) is 48.8 Å². The second kappa shape index (κ2) is 35.8. The Hall–Kier alpha value is -10.9. The van der Waals surface area contributed by atoms with Gasteiger partial charge in [0.1, 0.15) is 17.8 Å². The highest BCUT2D eigenvalue weighted by atomic mass is 16.5. The normalized spacial score (nSPS) is 14.4. The van der Waals surface area contributed by atoms with Crippen LogP contribution < -0.4 is 41.4 Å². The van der Waals surface area contributed by atoms with Crippen LogP contribution in [0.15, 0.2) is 146 Å². The maximum absolute atomic E-state index is 13.6. The first-order chi connectivity index (χ1) is 51.7. The van der Waals surface area contributed by atoms with Crippen molar-refractivity contribution in [3.05, 3.63) is 213 Å². The number of rotatable bonds is 27. The van der Waals surface area contributed by atoms with Crippen molar-refractivity contribution < 1.29 is 42.9 Å². The van der Waals surface area contributed by atoms with E-state index >= 15 is 0 Å². The molecule has 0 bridgehead atoms. The Balaban J connectivity index is 0.000000200. The molecule has 3 fully saturated rings. The van der Waals surface area contributed by atoms with E-state index < -0.39 is 0 Å². The second-order valence-electron chi connectivity index (χ2n) is 27.0. The van der Waals surface area contributed by atoms with Gasteiger partial charge in [-0.05, 0) is 160 Å². The third kappa shape index (κ3) is 18.1. The summed E-state index contributed by atoms with van der Waals surface area (Å²) in [4.78, 5) is 80.0. The third-order valence-corrected chi connectivity index (χ3v) is 20.0. The van der Waals surface area contributed by atoms with E-state index in [1.54, 1.807) is 74.9 Å². The van der Waals surface area contributed by atoms with E-state index in [1.165, 1.54) is 5.56 Å². The van der Waals surface area contributed by atoms with Gasteiger partial charge < -0.3 is 55.7 Å². The summed E-state index contributed by atoms with van der Waals surface area (Å²) in [6.45, 7) is 18.8. The predicted molar refractivity (Wildman–Crippen MR) is 413 cm³/mol. The van der Waals surface area contributed by atoms with Crippen LogP contribution in [0.25, 0.3) is 44.3 Å². The molecule has 6 N–H and O–H groups in total. The number of nitrogens with one attached hydrogen (secondary N) is 6. The van der Waals surface area contributed by atoms with Gasteiger partial charge >= 0.3 is 0 Å². The van der Waals surface area contributed by atoms with Crippen LogP contribution in [0.3, 0.4) is 0 Å². The van der Waals surface area contributed by atoms with Crippen molar-refractivity contribution >= 4 is 63.4 Å². The zero-order chi connectivity index (χ0) is 74.1. The highest BCUT2D eigenvalue weighted by molar-refractivity contribution is 6.01. The maximum Gasteiger partial charge on any atom is 0.251 e. The molecule has 4 amide bonds. The fraction of sp³-hybridized carbons (Fsp3) is 0.361. The molecular weight excluding hydrogens is 1340 g/mol. The van der Waals surface area contributed by atoms with Gasteiger partial charge in [0.2, 0.25) is 0 Å². The van der Waals surface area contributed by atoms with E-state index in [0.29, 0.717) is 92.5 Å². The fourth-order valence-corrected chi connectivity index (χ4v) is 14.0. The largest absolute Gasteiger partial charge is 0.496 e. The first kappa shape index (κ1) is 74.9. The van der Waals surface area contributed by atoms with Crippen LogP contribution in [0.2, 0.25) is 0 Å². The lowest BCUT2D eigenvalue weighted by Crippen LogP contribution is -2.43. The molecule has 552 valence electrons. The predicted octanol–water partition coefficient (Wildman–Crippen LogP) is 11.8. The Morgan fingerprint density at radius 3 is 1.35 bits per heavy atom. The Kier molecular flexibility index (Phi) is 25.3. The Bertz CT molecular complexity index is 4760. The molecule has 0 unspecified atom stereocenters. The monoisotopic (exact) mass is 1430 g/mol. The number of amides is 4. The van der Waals surface area contributed by atoms with Gasteiger partial charge in [-0.15, -0.1) is 0 Å². The number of ether oxygens (including phenoxy) is 4. The lowest BCUT2D eigenvalue weighted by molar-refractivity contribution is 0.0903. The van der Waals surface area contributed by atoms with Gasteiger partial charge in [0, 0.05) is 172 Å². The van der Waals surface area contributed by atoms with Crippen molar-refractivity contribution in [3.8, 4) is 33.8 Å². The van der Waals surface area contributed by atoms with Crippen LogP contribution >= 0.6 is 0 Å². The van der Waals surface area contributed by atoms with Crippen molar-refractivity contribution in [3.63, 3.8) is 0 Å². The highest BCUT2D eigenvalue weighted by Crippen LogP contribution is 2.36. The molecule has 6 aromatic carbocycles. The summed E-state index contributed by atoms with van der Waals surface area (Å²) in [7, 11) is 5.45. The molecule has 23 nitrogen and oxygen atoms in total. The smallest absolute Gasteiger partial charge is 0.251 e. The molecule has 3 aliphatic rings. The van der Waals surface area contributed by atoms with Crippen LogP contribution in [0, 0.1) is 0 Å². The number of benzene rings is 6. The number of anilines is 2. The molecule has 0 radical (unpaired) electrons. The number of pyridine rings is 2. The van der Waals surface area contributed by atoms with E-state index in [4.69, 9.17) is 28.9 Å². The zero-order valence-corrected chi connectivity index (χ0v) is 61.7. The average Bonchev–Trinajstić information content (AvgIpc) is 1.58. The lowest BCUT2D eigenvalue weighted by Gasteiger charge is -2.32. The van der Waals surface area contributed by atoms with E-state index in [9.17, 15) is 24.0 Å². The van der Waals surface area contributed by atoms with Crippen molar-refractivity contribution in [2.45, 2.75) is 124 Å². The number of aryl methyl sites for hydroxylation is 4. The number of hydrogen-bond donors (Lipinski definition) is 6. The first-order valence-electron chi connectivity index (χ1n) is 36.9. The fourth-order valence-electron chi connectivity index (χ4n) is 14.0. The summed E-state index contributed by atoms with van der Waals surface area (Å²) in [5.41, 5.74) is 16.2. The molecule has 3 saturated heterocycles. The van der Waals surface area contributed by atoms with Crippen molar-refractivity contribution in [1.29, 1.82) is 0 Å². The summed E-state index contributed by atoms with van der Waals surface area (Å²) in [5, 5.41) is 30.8. The number of likely N-dealkylation sites (N-methyl/N-ethyl adjacent to an activating group) is 1. The Morgan fingerprint density at radius 2 is 0.925 bits per heavy atom. The standard InChI is InChI=1S/C44H54N8O4.C39H42N6O5/c1-5-39-37(41(48-35-15-21-56-22-16-35)38-28-47-52(6-2)42(38)49-39)27-46-44(54)34-12-8-11-33(25-34)43(53)45-26-30-13-14-40(55-4)36(24-30)32-10-7-9-31(23-32)29-51-19-17-50(3)18-20-51;1-4-34-32(36(43-30-14-16-50-17-15-30)33-23-42-45(5-2)37(33)44-34)22-41-39(48)29-11-7-10-28(20-29)38(47)40-21-25-12-13-35(49-3)31(19-25)27-9-6-8-26(18-27)24-46/h7-14,23-25,28,35H,5-6,15-22,26-27,29H2,1-4H3,(H,45,53)(H,46,54)(H,48,49);6-13,18-20,23-24,30H,4-5,14-17,21-22H2,1-3H3,(H,40,47)(H,41,48)(H,43,44). The first-order valence-corrected chi connectivity index (χ1v) is 36.9. The number of fused-ring (bicyclic) bond motifs is 2. The number of hydrogen-bond acceptors (Lipinski definition) is 17. The van der Waals surface area contributed by atoms with Crippen LogP contribution in [-0.2, 0) is 68.1 Å². The Morgan fingerprint density at radius 1 is 0.500 bits per heavy atom. The van der Waals surface area contributed by atoms with E-state index in [1.807, 2.05) is 71.1 Å². The number of carbonyl (C=O) groups excluding carboxylic acids is 5. The summed E-state index contributed by atoms with van der Waals surface area (Å²) in [5.74, 6) is 0.313. The SMILES string of the molecule is CCc1nc2c(cnn2CC)c(NC2CCOCC2)c1CNC(=O)c1cccc(C(=O)NCc2ccc(OC)c(-c3cccc(C=O)c3)c2)c1.CCc1nc2c(cnn2CC)c(NC2CCOCC2)c1CNC(=O)c1cccc(C(=O)NCc2ccc(OC)c(-c3cccc(CN4CCN(C)CC4)c3)c2)c1. The van der Waals surface area contributed by atoms with Crippen molar-refractivity contribution in [1.82, 2.24) is 60.6 Å². The van der Waals surface area contributed by atoms with E-state index in [2.05, 4.69) is 110 Å². The minimum absolute atomic E-state index is 0.242. The molecule has 0 atom stereocenters. The molecule has 13 rings (SSSR count). The Labute approximate surface area is 619 Å². The number of nitrogens with zero attached hydrogens (tertiary/aromatic N) is 8. The quantitative estimate of drug-likeness (QED) is 0.0261. The number of aromatic nitrogens is 6.